The number of nitrogens with zero attached hydrogens (tertiary/aromatic N) is 3. The van der Waals surface area contributed by atoms with Crippen molar-refractivity contribution in [2.45, 2.75) is 17.7 Å². The van der Waals surface area contributed by atoms with Crippen LogP contribution in [0.5, 0.6) is 0 Å². The summed E-state index contributed by atoms with van der Waals surface area (Å²) in [6, 6.07) is 9.77. The van der Waals surface area contributed by atoms with Gasteiger partial charge in [0.15, 0.2) is 0 Å². The zero-order valence-corrected chi connectivity index (χ0v) is 13.9. The molecule has 2 aromatic heterocycles. The third-order valence-electron chi connectivity index (χ3n) is 4.31. The van der Waals surface area contributed by atoms with E-state index in [1.807, 2.05) is 36.3 Å². The molecule has 0 radical (unpaired) electrons. The lowest BCUT2D eigenvalue weighted by Crippen LogP contribution is -2.32. The minimum absolute atomic E-state index is 0.156. The van der Waals surface area contributed by atoms with Crippen molar-refractivity contribution >= 4 is 32.4 Å². The smallest absolute Gasteiger partial charge is 0.287 e. The number of fused-ring (bicyclic) bond motifs is 2. The number of pyridine rings is 1. The van der Waals surface area contributed by atoms with E-state index in [4.69, 9.17) is 0 Å². The molecule has 3 aromatic rings. The number of amidine groups is 1. The van der Waals surface area contributed by atoms with Crippen LogP contribution in [0.4, 0.5) is 5.69 Å². The quantitative estimate of drug-likeness (QED) is 0.795. The van der Waals surface area contributed by atoms with Gasteiger partial charge >= 0.3 is 0 Å². The lowest BCUT2D eigenvalue weighted by Gasteiger charge is -2.26. The van der Waals surface area contributed by atoms with Gasteiger partial charge in [0.05, 0.1) is 5.69 Å². The molecule has 4 rings (SSSR count). The molecule has 0 spiro atoms. The number of hydrogen-bond donors (Lipinski definition) is 1. The van der Waals surface area contributed by atoms with Crippen molar-refractivity contribution in [2.75, 3.05) is 11.9 Å². The van der Waals surface area contributed by atoms with Crippen LogP contribution in [0.1, 0.15) is 12.0 Å². The highest BCUT2D eigenvalue weighted by Gasteiger charge is 2.28. The minimum Gasteiger partial charge on any atom is -0.361 e. The molecule has 122 valence electrons. The molecule has 0 bridgehead atoms. The highest BCUT2D eigenvalue weighted by atomic mass is 32.2. The Balaban J connectivity index is 1.65. The second-order valence-corrected chi connectivity index (χ2v) is 7.32. The Hall–Kier alpha value is -2.67. The van der Waals surface area contributed by atoms with E-state index in [2.05, 4.69) is 20.4 Å². The maximum absolute atomic E-state index is 12.3. The van der Waals surface area contributed by atoms with Crippen LogP contribution in [-0.2, 0) is 16.4 Å². The maximum atomic E-state index is 12.3. The number of hydrogen-bond acceptors (Lipinski definition) is 4. The topological polar surface area (TPSA) is 78.4 Å². The summed E-state index contributed by atoms with van der Waals surface area (Å²) < 4.78 is 28.7. The van der Waals surface area contributed by atoms with E-state index >= 15 is 0 Å². The number of aromatic amines is 1. The zero-order valence-electron chi connectivity index (χ0n) is 13.1. The summed E-state index contributed by atoms with van der Waals surface area (Å²) in [5, 5.41) is 1.16. The number of nitrogens with one attached hydrogen (secondary N) is 1. The predicted octanol–water partition coefficient (Wildman–Crippen LogP) is 2.73. The number of anilines is 1. The van der Waals surface area contributed by atoms with Gasteiger partial charge in [0, 0.05) is 43.0 Å². The van der Waals surface area contributed by atoms with E-state index in [0.717, 1.165) is 16.5 Å². The Kier molecular flexibility index (Phi) is 3.38. The summed E-state index contributed by atoms with van der Waals surface area (Å²) in [5.74, 6) is 0.541. The average molecular weight is 340 g/mol. The first-order chi connectivity index (χ1) is 11.6. The van der Waals surface area contributed by atoms with Gasteiger partial charge in [-0.15, -0.1) is 4.40 Å². The molecule has 0 atom stereocenters. The Bertz CT molecular complexity index is 1050. The molecule has 1 aliphatic heterocycles. The summed E-state index contributed by atoms with van der Waals surface area (Å²) in [6.45, 7) is 0. The zero-order chi connectivity index (χ0) is 16.7. The Morgan fingerprint density at radius 2 is 2.00 bits per heavy atom. The summed E-state index contributed by atoms with van der Waals surface area (Å²) >= 11 is 0. The van der Waals surface area contributed by atoms with Crippen LogP contribution in [0, 0.1) is 0 Å². The molecule has 0 saturated heterocycles. The van der Waals surface area contributed by atoms with Gasteiger partial charge in [-0.3, -0.25) is 4.98 Å². The van der Waals surface area contributed by atoms with E-state index in [0.29, 0.717) is 24.4 Å². The second kappa shape index (κ2) is 5.45. The lowest BCUT2D eigenvalue weighted by atomic mass is 10.1. The van der Waals surface area contributed by atoms with Crippen LogP contribution < -0.4 is 4.90 Å². The number of H-pyrrole nitrogens is 1. The van der Waals surface area contributed by atoms with Crippen molar-refractivity contribution in [2.24, 2.45) is 4.40 Å². The fraction of sp³-hybridized carbons (Fsp3) is 0.176. The number of para-hydroxylation sites is 1. The maximum Gasteiger partial charge on any atom is 0.287 e. The molecule has 0 aliphatic carbocycles. The van der Waals surface area contributed by atoms with Crippen LogP contribution in [0.3, 0.4) is 0 Å². The van der Waals surface area contributed by atoms with Gasteiger partial charge in [0.25, 0.3) is 10.0 Å². The monoisotopic (exact) mass is 340 g/mol. The average Bonchev–Trinajstić information content (AvgIpc) is 3.00. The van der Waals surface area contributed by atoms with Crippen molar-refractivity contribution in [1.82, 2.24) is 9.97 Å². The van der Waals surface area contributed by atoms with E-state index in [1.54, 1.807) is 12.3 Å². The second-order valence-electron chi connectivity index (χ2n) is 5.74. The van der Waals surface area contributed by atoms with Crippen LogP contribution >= 0.6 is 0 Å². The largest absolute Gasteiger partial charge is 0.361 e. The van der Waals surface area contributed by atoms with Crippen molar-refractivity contribution in [3.63, 3.8) is 0 Å². The van der Waals surface area contributed by atoms with E-state index in [1.165, 1.54) is 6.20 Å². The molecule has 1 aromatic carbocycles. The fourth-order valence-electron chi connectivity index (χ4n) is 3.03. The highest BCUT2D eigenvalue weighted by molar-refractivity contribution is 7.90. The van der Waals surface area contributed by atoms with Crippen LogP contribution in [0.25, 0.3) is 10.9 Å². The SMILES string of the molecule is CN1C(CCc2c[nH]c3ccccc23)=NS(=O)(=O)c2cnccc21. The fourth-order valence-corrected chi connectivity index (χ4v) is 4.29. The van der Waals surface area contributed by atoms with Gasteiger partial charge in [0.2, 0.25) is 0 Å². The lowest BCUT2D eigenvalue weighted by molar-refractivity contribution is 0.596. The van der Waals surface area contributed by atoms with E-state index in [9.17, 15) is 8.42 Å². The molecule has 3 heterocycles. The molecule has 6 nitrogen and oxygen atoms in total. The predicted molar refractivity (Wildman–Crippen MR) is 93.9 cm³/mol. The summed E-state index contributed by atoms with van der Waals surface area (Å²) in [5.41, 5.74) is 2.85. The first-order valence-corrected chi connectivity index (χ1v) is 9.07. The third kappa shape index (κ3) is 2.37. The van der Waals surface area contributed by atoms with Crippen LogP contribution in [-0.4, -0.2) is 31.3 Å². The molecule has 7 heteroatoms. The normalized spacial score (nSPS) is 16.0. The molecule has 0 amide bonds. The summed E-state index contributed by atoms with van der Waals surface area (Å²) in [4.78, 5) is 9.12. The number of aryl methyl sites for hydroxylation is 1. The standard InChI is InChI=1S/C17H16N4O2S/c1-21-15-8-9-18-11-16(15)24(22,23)20-17(21)7-6-12-10-19-14-5-3-2-4-13(12)14/h2-5,8-11,19H,6-7H2,1H3. The molecule has 24 heavy (non-hydrogen) atoms. The molecule has 1 N–H and O–H groups in total. The number of benzene rings is 1. The summed E-state index contributed by atoms with van der Waals surface area (Å²) in [7, 11) is -1.85. The minimum atomic E-state index is -3.68. The molecule has 0 unspecified atom stereocenters. The Morgan fingerprint density at radius 1 is 1.17 bits per heavy atom. The molecular weight excluding hydrogens is 324 g/mol. The highest BCUT2D eigenvalue weighted by Crippen LogP contribution is 2.30. The van der Waals surface area contributed by atoms with Gasteiger partial charge in [-0.05, 0) is 24.1 Å². The summed E-state index contributed by atoms with van der Waals surface area (Å²) in [6.07, 6.45) is 6.16. The molecule has 0 fully saturated rings. The van der Waals surface area contributed by atoms with Crippen molar-refractivity contribution in [1.29, 1.82) is 0 Å². The van der Waals surface area contributed by atoms with Crippen molar-refractivity contribution in [3.05, 3.63) is 54.5 Å². The van der Waals surface area contributed by atoms with Crippen molar-refractivity contribution < 1.29 is 8.42 Å². The van der Waals surface area contributed by atoms with Gasteiger partial charge in [0.1, 0.15) is 10.7 Å². The van der Waals surface area contributed by atoms with Crippen LogP contribution in [0.2, 0.25) is 0 Å². The van der Waals surface area contributed by atoms with Gasteiger partial charge < -0.3 is 9.88 Å². The Labute approximate surface area is 139 Å². The van der Waals surface area contributed by atoms with Gasteiger partial charge in [-0.2, -0.15) is 8.42 Å². The number of aromatic nitrogens is 2. The van der Waals surface area contributed by atoms with E-state index < -0.39 is 10.0 Å². The van der Waals surface area contributed by atoms with E-state index in [-0.39, 0.29) is 4.90 Å². The Morgan fingerprint density at radius 3 is 2.88 bits per heavy atom. The molecule has 1 aliphatic rings. The van der Waals surface area contributed by atoms with Gasteiger partial charge in [-0.1, -0.05) is 18.2 Å². The first kappa shape index (κ1) is 14.9. The number of rotatable bonds is 3. The first-order valence-electron chi connectivity index (χ1n) is 7.63. The van der Waals surface area contributed by atoms with Gasteiger partial charge in [-0.25, -0.2) is 0 Å². The third-order valence-corrected chi connectivity index (χ3v) is 5.63. The number of sulfonamides is 1. The van der Waals surface area contributed by atoms with Crippen molar-refractivity contribution in [3.8, 4) is 0 Å². The van der Waals surface area contributed by atoms with Crippen LogP contribution in [0.15, 0.2) is 58.2 Å². The molecular formula is C17H16N4O2S. The molecule has 0 saturated carbocycles.